The standard InChI is InChI=1S/C10H11ClN2O2S/c1-3-4-8(2)13-16(14,15)9-5-6-12-10(11)7-9/h1,5-8,13H,4H2,2H3. The SMILES string of the molecule is C#CCC(C)NS(=O)(=O)c1ccnc(Cl)c1. The molecule has 16 heavy (non-hydrogen) atoms. The van der Waals surface area contributed by atoms with Crippen molar-refractivity contribution in [2.45, 2.75) is 24.3 Å². The number of hydrogen-bond donors (Lipinski definition) is 1. The fourth-order valence-corrected chi connectivity index (χ4v) is 2.60. The Hall–Kier alpha value is -1.09. The van der Waals surface area contributed by atoms with Crippen molar-refractivity contribution in [1.82, 2.24) is 9.71 Å². The Balaban J connectivity index is 2.91. The molecule has 0 saturated heterocycles. The first kappa shape index (κ1) is 13.0. The Morgan fingerprint density at radius 3 is 2.94 bits per heavy atom. The third kappa shape index (κ3) is 3.49. The van der Waals surface area contributed by atoms with E-state index in [2.05, 4.69) is 15.6 Å². The molecule has 1 atom stereocenters. The largest absolute Gasteiger partial charge is 0.244 e. The highest BCUT2D eigenvalue weighted by Gasteiger charge is 2.17. The van der Waals surface area contributed by atoms with Crippen molar-refractivity contribution in [3.05, 3.63) is 23.5 Å². The third-order valence-corrected chi connectivity index (χ3v) is 3.58. The Bertz CT molecular complexity index is 508. The van der Waals surface area contributed by atoms with E-state index in [1.807, 2.05) is 0 Å². The molecule has 0 aliphatic heterocycles. The van der Waals surface area contributed by atoms with Gasteiger partial charge in [-0.2, -0.15) is 0 Å². The Labute approximate surface area is 100 Å². The average Bonchev–Trinajstić information content (AvgIpc) is 2.17. The van der Waals surface area contributed by atoms with Crippen molar-refractivity contribution in [2.75, 3.05) is 0 Å². The summed E-state index contributed by atoms with van der Waals surface area (Å²) >= 11 is 5.61. The predicted molar refractivity (Wildman–Crippen MR) is 62.5 cm³/mol. The molecule has 1 N–H and O–H groups in total. The Morgan fingerprint density at radius 1 is 1.69 bits per heavy atom. The fraction of sp³-hybridized carbons (Fsp3) is 0.300. The van der Waals surface area contributed by atoms with Crippen LogP contribution in [0.2, 0.25) is 5.15 Å². The summed E-state index contributed by atoms with van der Waals surface area (Å²) in [5.74, 6) is 2.39. The molecule has 0 bridgehead atoms. The first-order valence-electron chi connectivity index (χ1n) is 4.53. The molecule has 0 spiro atoms. The molecule has 1 aromatic heterocycles. The lowest BCUT2D eigenvalue weighted by Crippen LogP contribution is -2.32. The van der Waals surface area contributed by atoms with Crippen LogP contribution in [0.4, 0.5) is 0 Å². The van der Waals surface area contributed by atoms with Crippen LogP contribution >= 0.6 is 11.6 Å². The van der Waals surface area contributed by atoms with Crippen LogP contribution in [-0.2, 0) is 10.0 Å². The van der Waals surface area contributed by atoms with Gasteiger partial charge in [0, 0.05) is 18.7 Å². The topological polar surface area (TPSA) is 59.1 Å². The Kier molecular flexibility index (Phi) is 4.30. The van der Waals surface area contributed by atoms with Gasteiger partial charge in [-0.05, 0) is 19.1 Å². The summed E-state index contributed by atoms with van der Waals surface area (Å²) in [5.41, 5.74) is 0. The molecular weight excluding hydrogens is 248 g/mol. The van der Waals surface area contributed by atoms with Crippen molar-refractivity contribution >= 4 is 21.6 Å². The number of pyridine rings is 1. The number of nitrogens with one attached hydrogen (secondary N) is 1. The number of terminal acetylenes is 1. The summed E-state index contributed by atoms with van der Waals surface area (Å²) in [6, 6.07) is 2.34. The molecule has 0 aliphatic carbocycles. The molecule has 1 rings (SSSR count). The molecule has 6 heteroatoms. The zero-order valence-electron chi connectivity index (χ0n) is 8.64. The first-order chi connectivity index (χ1) is 7.45. The highest BCUT2D eigenvalue weighted by molar-refractivity contribution is 7.89. The van der Waals surface area contributed by atoms with E-state index in [1.54, 1.807) is 6.92 Å². The summed E-state index contributed by atoms with van der Waals surface area (Å²) in [5, 5.41) is 0.132. The molecule has 86 valence electrons. The molecular formula is C10H11ClN2O2S. The number of nitrogens with zero attached hydrogens (tertiary/aromatic N) is 1. The lowest BCUT2D eigenvalue weighted by Gasteiger charge is -2.11. The predicted octanol–water partition coefficient (Wildman–Crippen LogP) is 1.43. The molecule has 0 aromatic carbocycles. The monoisotopic (exact) mass is 258 g/mol. The van der Waals surface area contributed by atoms with Crippen LogP contribution in [0.25, 0.3) is 0 Å². The van der Waals surface area contributed by atoms with E-state index in [0.717, 1.165) is 0 Å². The molecule has 1 heterocycles. The van der Waals surface area contributed by atoms with Crippen LogP contribution in [0.5, 0.6) is 0 Å². The minimum absolute atomic E-state index is 0.0800. The molecule has 0 aliphatic rings. The highest BCUT2D eigenvalue weighted by atomic mass is 35.5. The maximum absolute atomic E-state index is 11.8. The summed E-state index contributed by atoms with van der Waals surface area (Å²) < 4.78 is 26.1. The number of halogens is 1. The lowest BCUT2D eigenvalue weighted by atomic mass is 10.3. The lowest BCUT2D eigenvalue weighted by molar-refractivity contribution is 0.563. The summed E-state index contributed by atoms with van der Waals surface area (Å²) in [6.45, 7) is 1.69. The molecule has 1 unspecified atom stereocenters. The quantitative estimate of drug-likeness (QED) is 0.657. The smallest absolute Gasteiger partial charge is 0.241 e. The maximum atomic E-state index is 11.8. The van der Waals surface area contributed by atoms with Gasteiger partial charge in [0.15, 0.2) is 0 Å². The Morgan fingerprint density at radius 2 is 2.38 bits per heavy atom. The van der Waals surface area contributed by atoms with Crippen molar-refractivity contribution in [3.63, 3.8) is 0 Å². The fourth-order valence-electron chi connectivity index (χ4n) is 1.10. The van der Waals surface area contributed by atoms with Crippen molar-refractivity contribution in [3.8, 4) is 12.3 Å². The minimum atomic E-state index is -3.57. The normalized spacial score (nSPS) is 13.1. The van der Waals surface area contributed by atoms with Gasteiger partial charge >= 0.3 is 0 Å². The van der Waals surface area contributed by atoms with Gasteiger partial charge in [-0.3, -0.25) is 0 Å². The zero-order chi connectivity index (χ0) is 12.2. The summed E-state index contributed by atoms with van der Waals surface area (Å²) in [6.07, 6.45) is 6.76. The second kappa shape index (κ2) is 5.30. The van der Waals surface area contributed by atoms with Gasteiger partial charge in [0.25, 0.3) is 0 Å². The van der Waals surface area contributed by atoms with E-state index in [-0.39, 0.29) is 16.1 Å². The number of sulfonamides is 1. The van der Waals surface area contributed by atoms with Gasteiger partial charge in [-0.15, -0.1) is 12.3 Å². The van der Waals surface area contributed by atoms with Crippen LogP contribution < -0.4 is 4.72 Å². The van der Waals surface area contributed by atoms with E-state index in [1.165, 1.54) is 18.3 Å². The number of hydrogen-bond acceptors (Lipinski definition) is 3. The van der Waals surface area contributed by atoms with E-state index in [9.17, 15) is 8.42 Å². The van der Waals surface area contributed by atoms with Crippen molar-refractivity contribution in [2.24, 2.45) is 0 Å². The van der Waals surface area contributed by atoms with Gasteiger partial charge in [-0.25, -0.2) is 18.1 Å². The molecule has 0 fully saturated rings. The van der Waals surface area contributed by atoms with Crippen molar-refractivity contribution < 1.29 is 8.42 Å². The van der Waals surface area contributed by atoms with E-state index in [4.69, 9.17) is 18.0 Å². The van der Waals surface area contributed by atoms with E-state index >= 15 is 0 Å². The maximum Gasteiger partial charge on any atom is 0.241 e. The molecule has 0 saturated carbocycles. The van der Waals surface area contributed by atoms with Gasteiger partial charge in [0.1, 0.15) is 5.15 Å². The molecule has 0 radical (unpaired) electrons. The van der Waals surface area contributed by atoms with Gasteiger partial charge in [-0.1, -0.05) is 11.6 Å². The molecule has 0 amide bonds. The second-order valence-electron chi connectivity index (χ2n) is 3.24. The van der Waals surface area contributed by atoms with Crippen LogP contribution in [0.1, 0.15) is 13.3 Å². The number of rotatable bonds is 4. The molecule has 4 nitrogen and oxygen atoms in total. The van der Waals surface area contributed by atoms with Crippen LogP contribution in [0, 0.1) is 12.3 Å². The third-order valence-electron chi connectivity index (χ3n) is 1.79. The van der Waals surface area contributed by atoms with Crippen LogP contribution in [0.15, 0.2) is 23.2 Å². The minimum Gasteiger partial charge on any atom is -0.244 e. The number of aromatic nitrogens is 1. The van der Waals surface area contributed by atoms with Gasteiger partial charge in [0.2, 0.25) is 10.0 Å². The van der Waals surface area contributed by atoms with Crippen LogP contribution in [-0.4, -0.2) is 19.4 Å². The van der Waals surface area contributed by atoms with Crippen molar-refractivity contribution in [1.29, 1.82) is 0 Å². The second-order valence-corrected chi connectivity index (χ2v) is 5.35. The van der Waals surface area contributed by atoms with E-state index < -0.39 is 10.0 Å². The summed E-state index contributed by atoms with van der Waals surface area (Å²) in [7, 11) is -3.57. The van der Waals surface area contributed by atoms with E-state index in [0.29, 0.717) is 6.42 Å². The average molecular weight is 259 g/mol. The van der Waals surface area contributed by atoms with Gasteiger partial charge < -0.3 is 0 Å². The first-order valence-corrected chi connectivity index (χ1v) is 6.39. The molecule has 1 aromatic rings. The highest BCUT2D eigenvalue weighted by Crippen LogP contribution is 2.13. The zero-order valence-corrected chi connectivity index (χ0v) is 10.2. The summed E-state index contributed by atoms with van der Waals surface area (Å²) in [4.78, 5) is 3.79. The van der Waals surface area contributed by atoms with Crippen LogP contribution in [0.3, 0.4) is 0 Å². The van der Waals surface area contributed by atoms with Gasteiger partial charge in [0.05, 0.1) is 4.90 Å².